The van der Waals surface area contributed by atoms with Crippen molar-refractivity contribution < 1.29 is 23.5 Å². The number of nitrogens with one attached hydrogen (secondary N) is 2. The van der Waals surface area contributed by atoms with Gasteiger partial charge in [0.15, 0.2) is 5.82 Å². The molecule has 1 aliphatic carbocycles. The number of hydrogen-bond donors (Lipinski definition) is 2. The first-order valence-corrected chi connectivity index (χ1v) is 13.8. The van der Waals surface area contributed by atoms with Crippen LogP contribution < -0.4 is 25.0 Å². The summed E-state index contributed by atoms with van der Waals surface area (Å²) in [6.45, 7) is 6.98. The molecule has 0 radical (unpaired) electrons. The Morgan fingerprint density at radius 1 is 1.15 bits per heavy atom. The average Bonchev–Trinajstić information content (AvgIpc) is 3.54. The van der Waals surface area contributed by atoms with Crippen LogP contribution in [0.4, 0.5) is 25.7 Å². The largest absolute Gasteiger partial charge is 0.477 e. The van der Waals surface area contributed by atoms with Gasteiger partial charge in [0, 0.05) is 51.0 Å². The van der Waals surface area contributed by atoms with E-state index >= 15 is 0 Å². The van der Waals surface area contributed by atoms with Crippen LogP contribution in [-0.4, -0.2) is 106 Å². The van der Waals surface area contributed by atoms with Gasteiger partial charge in [-0.2, -0.15) is 4.98 Å². The van der Waals surface area contributed by atoms with E-state index in [2.05, 4.69) is 42.4 Å². The first-order valence-electron chi connectivity index (χ1n) is 13.8. The van der Waals surface area contributed by atoms with Crippen molar-refractivity contribution in [2.75, 3.05) is 50.1 Å². The number of piperidine rings is 2. The van der Waals surface area contributed by atoms with Gasteiger partial charge in [0.05, 0.1) is 25.0 Å². The zero-order chi connectivity index (χ0) is 28.2. The molecule has 14 heteroatoms. The molecule has 2 bridgehead atoms. The topological polar surface area (TPSA) is 138 Å². The Balaban J connectivity index is 1.17. The number of amides is 3. The number of likely N-dealkylation sites (tertiary alicyclic amines) is 1. The molecule has 3 amide bonds. The number of nitrogens with zero attached hydrogens (tertiary/aromatic N) is 7. The third kappa shape index (κ3) is 6.16. The predicted octanol–water partition coefficient (Wildman–Crippen LogP) is 2.32. The van der Waals surface area contributed by atoms with E-state index in [1.165, 1.54) is 36.6 Å². The van der Waals surface area contributed by atoms with Crippen molar-refractivity contribution in [3.63, 3.8) is 0 Å². The van der Waals surface area contributed by atoms with Gasteiger partial charge in [-0.3, -0.25) is 10.2 Å². The molecule has 3 aliphatic rings. The van der Waals surface area contributed by atoms with Crippen molar-refractivity contribution in [2.24, 2.45) is 5.92 Å². The highest BCUT2D eigenvalue weighted by molar-refractivity contribution is 5.88. The Bertz CT molecular complexity index is 1190. The van der Waals surface area contributed by atoms with Gasteiger partial charge in [-0.05, 0) is 38.6 Å². The minimum atomic E-state index is -1.24. The zero-order valence-electron chi connectivity index (χ0n) is 23.0. The number of fused-ring (bicyclic) bond motifs is 2. The first kappa shape index (κ1) is 27.7. The van der Waals surface area contributed by atoms with Crippen molar-refractivity contribution in [2.45, 2.75) is 57.4 Å². The molecule has 5 rings (SSSR count). The number of carbonyl (C=O) groups excluding carboxylic acids is 2. The quantitative estimate of drug-likeness (QED) is 0.497. The number of alkyl halides is 1. The summed E-state index contributed by atoms with van der Waals surface area (Å²) < 4.78 is 25.7. The van der Waals surface area contributed by atoms with Crippen molar-refractivity contribution in [3.8, 4) is 11.8 Å². The van der Waals surface area contributed by atoms with E-state index in [0.29, 0.717) is 36.9 Å². The summed E-state index contributed by atoms with van der Waals surface area (Å²) in [4.78, 5) is 47.9. The average molecular weight is 558 g/mol. The SMILES string of the molecule is CCOc1cnc(NC(=O)N(C)[C@H]2CN(c3nccc(OC(=O)N[C@@H]4C[C@@H]5C[C@@H]4N(CC)C5)n3)CC[C@H]2F)cn1. The van der Waals surface area contributed by atoms with Crippen LogP contribution in [0.25, 0.3) is 0 Å². The third-order valence-corrected chi connectivity index (χ3v) is 7.87. The lowest BCUT2D eigenvalue weighted by Crippen LogP contribution is -2.55. The summed E-state index contributed by atoms with van der Waals surface area (Å²) in [6, 6.07) is 0.634. The fourth-order valence-electron chi connectivity index (χ4n) is 5.88. The summed E-state index contributed by atoms with van der Waals surface area (Å²) in [5.41, 5.74) is 0. The van der Waals surface area contributed by atoms with Crippen LogP contribution in [0.2, 0.25) is 0 Å². The summed E-state index contributed by atoms with van der Waals surface area (Å²) in [6.07, 6.45) is 4.73. The maximum absolute atomic E-state index is 15.0. The van der Waals surface area contributed by atoms with Gasteiger partial charge in [-0.15, -0.1) is 0 Å². The maximum Gasteiger partial charge on any atom is 0.414 e. The fourth-order valence-corrected chi connectivity index (χ4v) is 5.88. The molecule has 2 aromatic heterocycles. The van der Waals surface area contributed by atoms with E-state index in [1.807, 2.05) is 6.92 Å². The highest BCUT2D eigenvalue weighted by Gasteiger charge is 2.45. The molecule has 0 spiro atoms. The molecule has 2 aliphatic heterocycles. The monoisotopic (exact) mass is 557 g/mol. The number of carbonyl (C=O) groups is 2. The number of aromatic nitrogens is 4. The smallest absolute Gasteiger partial charge is 0.414 e. The molecule has 216 valence electrons. The molecule has 2 N–H and O–H groups in total. The number of rotatable bonds is 8. The van der Waals surface area contributed by atoms with Gasteiger partial charge in [-0.25, -0.2) is 28.9 Å². The molecule has 3 fully saturated rings. The second kappa shape index (κ2) is 12.1. The molecule has 13 nitrogen and oxygen atoms in total. The van der Waals surface area contributed by atoms with Crippen molar-refractivity contribution in [3.05, 3.63) is 24.7 Å². The highest BCUT2D eigenvalue weighted by atomic mass is 19.1. The molecular formula is C26H36FN9O4. The third-order valence-electron chi connectivity index (χ3n) is 7.87. The van der Waals surface area contributed by atoms with Crippen LogP contribution in [0.3, 0.4) is 0 Å². The van der Waals surface area contributed by atoms with Gasteiger partial charge in [0.2, 0.25) is 17.7 Å². The van der Waals surface area contributed by atoms with Gasteiger partial charge in [0.1, 0.15) is 6.17 Å². The number of hydrogen-bond acceptors (Lipinski definition) is 10. The van der Waals surface area contributed by atoms with E-state index in [1.54, 1.807) is 4.90 Å². The number of ether oxygens (including phenoxy) is 2. The van der Waals surface area contributed by atoms with Gasteiger partial charge in [0.25, 0.3) is 0 Å². The molecule has 0 unspecified atom stereocenters. The molecule has 40 heavy (non-hydrogen) atoms. The highest BCUT2D eigenvalue weighted by Crippen LogP contribution is 2.37. The van der Waals surface area contributed by atoms with Crippen molar-refractivity contribution in [1.82, 2.24) is 35.1 Å². The maximum atomic E-state index is 15.0. The Labute approximate surface area is 232 Å². The number of anilines is 2. The van der Waals surface area contributed by atoms with Crippen LogP contribution in [0.5, 0.6) is 11.8 Å². The molecule has 5 atom stereocenters. The molecule has 2 aromatic rings. The Kier molecular flexibility index (Phi) is 8.43. The fraction of sp³-hybridized carbons (Fsp3) is 0.615. The summed E-state index contributed by atoms with van der Waals surface area (Å²) in [7, 11) is 1.53. The van der Waals surface area contributed by atoms with Crippen LogP contribution in [0.1, 0.15) is 33.1 Å². The Hall–Kier alpha value is -3.81. The van der Waals surface area contributed by atoms with E-state index in [9.17, 15) is 14.0 Å². The normalized spacial score (nSPS) is 25.9. The Morgan fingerprint density at radius 2 is 2.00 bits per heavy atom. The van der Waals surface area contributed by atoms with Crippen LogP contribution in [0, 0.1) is 5.92 Å². The predicted molar refractivity (Wildman–Crippen MR) is 144 cm³/mol. The molecule has 0 aromatic carbocycles. The van der Waals surface area contributed by atoms with E-state index in [-0.39, 0.29) is 30.7 Å². The van der Waals surface area contributed by atoms with Gasteiger partial charge >= 0.3 is 12.1 Å². The summed E-state index contributed by atoms with van der Waals surface area (Å²) in [5, 5.41) is 5.63. The summed E-state index contributed by atoms with van der Waals surface area (Å²) >= 11 is 0. The van der Waals surface area contributed by atoms with Crippen molar-refractivity contribution >= 4 is 23.9 Å². The van der Waals surface area contributed by atoms with Crippen molar-refractivity contribution in [1.29, 1.82) is 0 Å². The molecule has 1 saturated carbocycles. The lowest BCUT2D eigenvalue weighted by atomic mass is 10.0. The zero-order valence-corrected chi connectivity index (χ0v) is 23.0. The van der Waals surface area contributed by atoms with Crippen LogP contribution >= 0.6 is 0 Å². The lowest BCUT2D eigenvalue weighted by Gasteiger charge is -2.39. The number of likely N-dealkylation sites (N-methyl/N-ethyl adjacent to an activating group) is 2. The molecular weight excluding hydrogens is 521 g/mol. The van der Waals surface area contributed by atoms with Crippen LogP contribution in [-0.2, 0) is 0 Å². The van der Waals surface area contributed by atoms with Crippen LogP contribution in [0.15, 0.2) is 24.7 Å². The number of halogens is 1. The minimum Gasteiger partial charge on any atom is -0.477 e. The summed E-state index contributed by atoms with van der Waals surface area (Å²) in [5.74, 6) is 1.59. The molecule has 4 heterocycles. The van der Waals surface area contributed by atoms with E-state index < -0.39 is 24.3 Å². The standard InChI is InChI=1S/C26H36FN9O4/c1-4-35-14-16-10-18(19(35)11-16)31-26(38)40-22-6-8-28-24(33-22)36-9-7-17(27)20(15-36)34(3)25(37)32-21-12-30-23(13-29-21)39-5-2/h6,8,12-13,16-20H,4-5,7,9-11,14-15H2,1-3H3,(H,31,38)(H,29,32,37)/t16-,17-,18-,19+,20+/m1/s1. The second-order valence-electron chi connectivity index (χ2n) is 10.4. The Morgan fingerprint density at radius 3 is 2.73 bits per heavy atom. The number of urea groups is 1. The second-order valence-corrected chi connectivity index (χ2v) is 10.4. The van der Waals surface area contributed by atoms with E-state index in [4.69, 9.17) is 9.47 Å². The van der Waals surface area contributed by atoms with Gasteiger partial charge in [-0.1, -0.05) is 6.92 Å². The molecule has 2 saturated heterocycles. The minimum absolute atomic E-state index is 0.0622. The lowest BCUT2D eigenvalue weighted by molar-refractivity contribution is 0.133. The van der Waals surface area contributed by atoms with Gasteiger partial charge < -0.3 is 24.6 Å². The van der Waals surface area contributed by atoms with E-state index in [0.717, 1.165) is 25.9 Å². The first-order chi connectivity index (χ1) is 19.3.